The monoisotopic (exact) mass is 355 g/mol. The molecule has 0 saturated carbocycles. The number of para-hydroxylation sites is 1. The van der Waals surface area contributed by atoms with Crippen LogP contribution in [-0.2, 0) is 16.1 Å². The van der Waals surface area contributed by atoms with Gasteiger partial charge in [0.1, 0.15) is 12.6 Å². The van der Waals surface area contributed by atoms with Gasteiger partial charge in [0.15, 0.2) is 0 Å². The van der Waals surface area contributed by atoms with Crippen LogP contribution in [0, 0.1) is 0 Å². The third-order valence-electron chi connectivity index (χ3n) is 4.52. The van der Waals surface area contributed by atoms with Crippen LogP contribution in [0.5, 0.6) is 0 Å². The van der Waals surface area contributed by atoms with Crippen LogP contribution < -0.4 is 0 Å². The SMILES string of the molecule is CC(C)c1nnc([C@@H]2COCCN2C(=O)Cn2ncc3ccccc32)o1. The Morgan fingerprint density at radius 3 is 2.96 bits per heavy atom. The minimum atomic E-state index is -0.363. The zero-order chi connectivity index (χ0) is 18.1. The third-order valence-corrected chi connectivity index (χ3v) is 4.52. The zero-order valence-electron chi connectivity index (χ0n) is 14.8. The van der Waals surface area contributed by atoms with Crippen molar-refractivity contribution in [2.24, 2.45) is 0 Å². The van der Waals surface area contributed by atoms with Crippen molar-refractivity contribution in [1.29, 1.82) is 0 Å². The number of ether oxygens (including phenoxy) is 1. The van der Waals surface area contributed by atoms with Gasteiger partial charge in [0.25, 0.3) is 0 Å². The summed E-state index contributed by atoms with van der Waals surface area (Å²) in [4.78, 5) is 14.7. The van der Waals surface area contributed by atoms with Gasteiger partial charge in [-0.1, -0.05) is 32.0 Å². The van der Waals surface area contributed by atoms with Gasteiger partial charge in [-0.05, 0) is 6.07 Å². The van der Waals surface area contributed by atoms with Crippen molar-refractivity contribution in [1.82, 2.24) is 24.9 Å². The average Bonchev–Trinajstić information content (AvgIpc) is 3.30. The highest BCUT2D eigenvalue weighted by Gasteiger charge is 2.33. The average molecular weight is 355 g/mol. The van der Waals surface area contributed by atoms with E-state index in [0.717, 1.165) is 10.9 Å². The lowest BCUT2D eigenvalue weighted by molar-refractivity contribution is -0.142. The second-order valence-electron chi connectivity index (χ2n) is 6.67. The van der Waals surface area contributed by atoms with Crippen LogP contribution in [0.15, 0.2) is 34.9 Å². The lowest BCUT2D eigenvalue weighted by Gasteiger charge is -2.33. The predicted octanol–water partition coefficient (Wildman–Crippen LogP) is 2.14. The third kappa shape index (κ3) is 3.08. The first kappa shape index (κ1) is 16.7. The summed E-state index contributed by atoms with van der Waals surface area (Å²) in [6.07, 6.45) is 1.77. The van der Waals surface area contributed by atoms with Crippen LogP contribution in [-0.4, -0.2) is 50.5 Å². The first-order valence-electron chi connectivity index (χ1n) is 8.74. The zero-order valence-corrected chi connectivity index (χ0v) is 14.8. The fourth-order valence-electron chi connectivity index (χ4n) is 3.09. The predicted molar refractivity (Wildman–Crippen MR) is 93.4 cm³/mol. The Balaban J connectivity index is 1.56. The van der Waals surface area contributed by atoms with Crippen molar-refractivity contribution in [3.05, 3.63) is 42.2 Å². The largest absolute Gasteiger partial charge is 0.423 e. The number of aromatic nitrogens is 4. The summed E-state index contributed by atoms with van der Waals surface area (Å²) >= 11 is 0. The Hall–Kier alpha value is -2.74. The van der Waals surface area contributed by atoms with Crippen molar-refractivity contribution in [3.63, 3.8) is 0 Å². The number of carbonyl (C=O) groups excluding carboxylic acids is 1. The molecular weight excluding hydrogens is 334 g/mol. The molecule has 8 heteroatoms. The number of fused-ring (bicyclic) bond motifs is 1. The molecule has 0 unspecified atom stereocenters. The molecule has 26 heavy (non-hydrogen) atoms. The maximum Gasteiger partial charge on any atom is 0.245 e. The molecule has 2 aromatic heterocycles. The highest BCUT2D eigenvalue weighted by atomic mass is 16.5. The van der Waals surface area contributed by atoms with Crippen LogP contribution in [0.25, 0.3) is 10.9 Å². The van der Waals surface area contributed by atoms with Gasteiger partial charge in [-0.25, -0.2) is 0 Å². The molecule has 8 nitrogen and oxygen atoms in total. The fourth-order valence-corrected chi connectivity index (χ4v) is 3.09. The van der Waals surface area contributed by atoms with Crippen molar-refractivity contribution >= 4 is 16.8 Å². The Kier molecular flexibility index (Phi) is 4.42. The number of hydrogen-bond donors (Lipinski definition) is 0. The summed E-state index contributed by atoms with van der Waals surface area (Å²) < 4.78 is 13.0. The van der Waals surface area contributed by atoms with Crippen molar-refractivity contribution in [3.8, 4) is 0 Å². The molecule has 0 N–H and O–H groups in total. The molecule has 0 spiro atoms. The first-order chi connectivity index (χ1) is 12.6. The maximum atomic E-state index is 13.0. The van der Waals surface area contributed by atoms with E-state index in [1.54, 1.807) is 15.8 Å². The molecule has 4 rings (SSSR count). The molecule has 1 amide bonds. The summed E-state index contributed by atoms with van der Waals surface area (Å²) in [5.41, 5.74) is 0.936. The minimum Gasteiger partial charge on any atom is -0.423 e. The van der Waals surface area contributed by atoms with Crippen LogP contribution in [0.4, 0.5) is 0 Å². The van der Waals surface area contributed by atoms with Crippen LogP contribution >= 0.6 is 0 Å². The second-order valence-corrected chi connectivity index (χ2v) is 6.67. The molecule has 0 bridgehead atoms. The molecule has 1 saturated heterocycles. The molecule has 3 heterocycles. The summed E-state index contributed by atoms with van der Waals surface area (Å²) in [6, 6.07) is 7.47. The van der Waals surface area contributed by atoms with E-state index in [1.165, 1.54) is 0 Å². The highest BCUT2D eigenvalue weighted by molar-refractivity contribution is 5.82. The number of benzene rings is 1. The maximum absolute atomic E-state index is 13.0. The quantitative estimate of drug-likeness (QED) is 0.713. The van der Waals surface area contributed by atoms with Gasteiger partial charge in [0, 0.05) is 17.8 Å². The normalized spacial score (nSPS) is 18.0. The fraction of sp³-hybridized carbons (Fsp3) is 0.444. The molecule has 0 aliphatic carbocycles. The van der Waals surface area contributed by atoms with E-state index < -0.39 is 0 Å². The molecule has 1 fully saturated rings. The Labute approximate surface area is 150 Å². The number of rotatable bonds is 4. The van der Waals surface area contributed by atoms with Gasteiger partial charge < -0.3 is 14.1 Å². The lowest BCUT2D eigenvalue weighted by Crippen LogP contribution is -2.45. The van der Waals surface area contributed by atoms with E-state index in [1.807, 2.05) is 38.1 Å². The number of carbonyl (C=O) groups is 1. The first-order valence-corrected chi connectivity index (χ1v) is 8.74. The molecular formula is C18H21N5O3. The summed E-state index contributed by atoms with van der Waals surface area (Å²) in [5.74, 6) is 1.08. The number of amides is 1. The van der Waals surface area contributed by atoms with Gasteiger partial charge in [0.05, 0.1) is 24.9 Å². The Morgan fingerprint density at radius 2 is 2.15 bits per heavy atom. The summed E-state index contributed by atoms with van der Waals surface area (Å²) in [6.45, 7) is 5.47. The van der Waals surface area contributed by atoms with Gasteiger partial charge in [-0.15, -0.1) is 10.2 Å². The van der Waals surface area contributed by atoms with Crippen LogP contribution in [0.3, 0.4) is 0 Å². The molecule has 3 aromatic rings. The highest BCUT2D eigenvalue weighted by Crippen LogP contribution is 2.25. The van der Waals surface area contributed by atoms with E-state index in [9.17, 15) is 4.79 Å². The smallest absolute Gasteiger partial charge is 0.245 e. The van der Waals surface area contributed by atoms with Gasteiger partial charge in [-0.3, -0.25) is 9.48 Å². The van der Waals surface area contributed by atoms with Crippen LogP contribution in [0.1, 0.15) is 37.6 Å². The van der Waals surface area contributed by atoms with Gasteiger partial charge >= 0.3 is 0 Å². The van der Waals surface area contributed by atoms with E-state index in [-0.39, 0.29) is 24.4 Å². The number of morpholine rings is 1. The van der Waals surface area contributed by atoms with Crippen molar-refractivity contribution < 1.29 is 13.9 Å². The molecule has 136 valence electrons. The van der Waals surface area contributed by atoms with E-state index in [2.05, 4.69) is 15.3 Å². The number of nitrogens with zero attached hydrogens (tertiary/aromatic N) is 5. The summed E-state index contributed by atoms with van der Waals surface area (Å²) in [5, 5.41) is 13.6. The molecule has 1 aliphatic rings. The Morgan fingerprint density at radius 1 is 1.31 bits per heavy atom. The van der Waals surface area contributed by atoms with Gasteiger partial charge in [0.2, 0.25) is 17.7 Å². The molecule has 0 radical (unpaired) electrons. The molecule has 1 atom stereocenters. The van der Waals surface area contributed by atoms with E-state index >= 15 is 0 Å². The minimum absolute atomic E-state index is 0.0450. The van der Waals surface area contributed by atoms with Crippen molar-refractivity contribution in [2.45, 2.75) is 32.4 Å². The molecule has 1 aliphatic heterocycles. The Bertz CT molecular complexity index is 916. The van der Waals surface area contributed by atoms with Gasteiger partial charge in [-0.2, -0.15) is 5.10 Å². The lowest BCUT2D eigenvalue weighted by atomic mass is 10.2. The van der Waals surface area contributed by atoms with Crippen LogP contribution in [0.2, 0.25) is 0 Å². The van der Waals surface area contributed by atoms with Crippen molar-refractivity contribution in [2.75, 3.05) is 19.8 Å². The standard InChI is InChI=1S/C18H21N5O3/c1-12(2)17-20-21-18(26-17)15-11-25-8-7-22(15)16(24)10-23-14-6-4-3-5-13(14)9-19-23/h3-6,9,12,15H,7-8,10-11H2,1-2H3/t15-/m0/s1. The second kappa shape index (κ2) is 6.87. The molecule has 1 aromatic carbocycles. The number of hydrogen-bond acceptors (Lipinski definition) is 6. The van der Waals surface area contributed by atoms with E-state index in [0.29, 0.717) is 31.5 Å². The topological polar surface area (TPSA) is 86.3 Å². The summed E-state index contributed by atoms with van der Waals surface area (Å²) in [7, 11) is 0. The van der Waals surface area contributed by atoms with E-state index in [4.69, 9.17) is 9.15 Å².